The fraction of sp³-hybridized carbons (Fsp3) is 0.273. The van der Waals surface area contributed by atoms with Crippen molar-refractivity contribution in [3.63, 3.8) is 0 Å². The highest BCUT2D eigenvalue weighted by atomic mass is 35.5. The van der Waals surface area contributed by atoms with Gasteiger partial charge in [-0.05, 0) is 40.5 Å². The van der Waals surface area contributed by atoms with Crippen LogP contribution in [0.3, 0.4) is 0 Å². The molecule has 1 saturated heterocycles. The van der Waals surface area contributed by atoms with E-state index < -0.39 is 51.7 Å². The van der Waals surface area contributed by atoms with Crippen LogP contribution in [0.1, 0.15) is 33.5 Å². The predicted octanol–water partition coefficient (Wildman–Crippen LogP) is 0.520. The third kappa shape index (κ3) is 4.23. The van der Waals surface area contributed by atoms with Gasteiger partial charge in [0, 0.05) is 29.1 Å². The van der Waals surface area contributed by atoms with Crippen LogP contribution in [0.4, 0.5) is 8.78 Å². The number of carbonyl (C=O) groups excluding carboxylic acids is 4. The van der Waals surface area contributed by atoms with E-state index >= 15 is 0 Å². The molecule has 2 heterocycles. The molecular weight excluding hydrogens is 487 g/mol. The molecule has 0 spiro atoms. The quantitative estimate of drug-likeness (QED) is 0.462. The molecule has 4 amide bonds. The zero-order chi connectivity index (χ0) is 26.6. The van der Waals surface area contributed by atoms with E-state index in [0.29, 0.717) is 5.56 Å². The second-order valence-corrected chi connectivity index (χ2v) is 9.12. The summed E-state index contributed by atoms with van der Waals surface area (Å²) in [5, 5.41) is 1.94. The van der Waals surface area contributed by atoms with Crippen LogP contribution < -0.4 is 10.6 Å². The minimum atomic E-state index is -3.98. The number of hydrogen-bond donors (Lipinski definition) is 2. The van der Waals surface area contributed by atoms with Crippen molar-refractivity contribution in [2.75, 3.05) is 0 Å². The number of hydrogen-bond acceptors (Lipinski definition) is 4. The minimum absolute atomic E-state index is 0.00482. The molecule has 2 aliphatic rings. The molecular formula is C22H14B4ClF2N3O4. The topological polar surface area (TPSA) is 95.6 Å². The second-order valence-electron chi connectivity index (χ2n) is 8.68. The number of nitrogens with zero attached hydrogens (tertiary/aromatic N) is 1. The van der Waals surface area contributed by atoms with Crippen molar-refractivity contribution in [2.24, 2.45) is 0 Å². The first-order valence-corrected chi connectivity index (χ1v) is 10.9. The lowest BCUT2D eigenvalue weighted by Crippen LogP contribution is -2.66. The van der Waals surface area contributed by atoms with Crippen LogP contribution in [0, 0.1) is 0 Å². The lowest BCUT2D eigenvalue weighted by Gasteiger charge is -2.45. The highest BCUT2D eigenvalue weighted by molar-refractivity contribution is 6.41. The van der Waals surface area contributed by atoms with Crippen molar-refractivity contribution in [2.45, 2.75) is 35.5 Å². The molecule has 14 heteroatoms. The van der Waals surface area contributed by atoms with E-state index in [1.165, 1.54) is 30.3 Å². The molecule has 2 atom stereocenters. The fourth-order valence-electron chi connectivity index (χ4n) is 4.13. The van der Waals surface area contributed by atoms with Gasteiger partial charge in [0.2, 0.25) is 11.8 Å². The first-order valence-electron chi connectivity index (χ1n) is 10.6. The number of piperidine rings is 1. The molecule has 174 valence electrons. The number of benzene rings is 2. The lowest BCUT2D eigenvalue weighted by molar-refractivity contribution is -0.147. The number of fused-ring (bicyclic) bond motifs is 1. The molecule has 0 aromatic heterocycles. The Labute approximate surface area is 215 Å². The monoisotopic (exact) mass is 501 g/mol. The summed E-state index contributed by atoms with van der Waals surface area (Å²) in [6, 6.07) is 8.31. The van der Waals surface area contributed by atoms with Gasteiger partial charge < -0.3 is 10.2 Å². The van der Waals surface area contributed by atoms with Gasteiger partial charge in [0.05, 0.1) is 29.0 Å². The Balaban J connectivity index is 1.58. The molecule has 4 rings (SSSR count). The van der Waals surface area contributed by atoms with Crippen LogP contribution >= 0.6 is 11.6 Å². The standard InChI is InChI=1S/C22H14B4ClF2N3O4/c23-15-8-16(33)30-18(35)20(15,24)32-9-10-7-12(3-6-14(10)17(32)34)22(25,26)31-19(36)21(28,29)11-1-4-13(27)5-2-11/h1-7,15H,8-9H2,(H,31,36)(H,30,33,35). The molecule has 0 aliphatic carbocycles. The van der Waals surface area contributed by atoms with E-state index in [4.69, 9.17) is 43.0 Å². The Kier molecular flexibility index (Phi) is 6.35. The van der Waals surface area contributed by atoms with Crippen molar-refractivity contribution < 1.29 is 28.0 Å². The van der Waals surface area contributed by atoms with Crippen LogP contribution in [0.15, 0.2) is 42.5 Å². The molecule has 1 fully saturated rings. The first-order chi connectivity index (χ1) is 16.7. The van der Waals surface area contributed by atoms with Crippen molar-refractivity contribution in [3.8, 4) is 0 Å². The fourth-order valence-corrected chi connectivity index (χ4v) is 4.26. The van der Waals surface area contributed by atoms with Gasteiger partial charge in [-0.25, -0.2) is 0 Å². The number of imide groups is 1. The summed E-state index contributed by atoms with van der Waals surface area (Å²) >= 11 is 5.71. The number of halogens is 3. The smallest absolute Gasteiger partial charge is 0.349 e. The minimum Gasteiger partial charge on any atom is -0.358 e. The van der Waals surface area contributed by atoms with E-state index in [9.17, 15) is 28.0 Å². The summed E-state index contributed by atoms with van der Waals surface area (Å²) in [6.07, 6.45) is -0.282. The predicted molar refractivity (Wildman–Crippen MR) is 129 cm³/mol. The van der Waals surface area contributed by atoms with Gasteiger partial charge in [-0.15, -0.1) is 0 Å². The number of nitrogens with one attached hydrogen (secondary N) is 2. The van der Waals surface area contributed by atoms with E-state index in [1.807, 2.05) is 5.32 Å². The Morgan fingerprint density at radius 3 is 2.33 bits per heavy atom. The number of alkyl halides is 2. The van der Waals surface area contributed by atoms with E-state index in [-0.39, 0.29) is 29.1 Å². The van der Waals surface area contributed by atoms with E-state index in [0.717, 1.165) is 17.0 Å². The zero-order valence-electron chi connectivity index (χ0n) is 18.6. The number of carbonyl (C=O) groups is 4. The van der Waals surface area contributed by atoms with Crippen molar-refractivity contribution in [3.05, 3.63) is 69.7 Å². The first kappa shape index (κ1) is 26.0. The third-order valence-electron chi connectivity index (χ3n) is 6.23. The summed E-state index contributed by atoms with van der Waals surface area (Å²) in [5.41, 5.74) is -2.20. The Morgan fingerprint density at radius 1 is 1.11 bits per heavy atom. The average molecular weight is 501 g/mol. The summed E-state index contributed by atoms with van der Waals surface area (Å²) in [6.45, 7) is -0.210. The van der Waals surface area contributed by atoms with Crippen LogP contribution in [-0.2, 0) is 32.2 Å². The maximum absolute atomic E-state index is 14.7. The van der Waals surface area contributed by atoms with Gasteiger partial charge in [-0.2, -0.15) is 8.78 Å². The highest BCUT2D eigenvalue weighted by Gasteiger charge is 2.51. The van der Waals surface area contributed by atoms with Crippen LogP contribution in [0.2, 0.25) is 10.8 Å². The maximum atomic E-state index is 14.7. The highest BCUT2D eigenvalue weighted by Crippen LogP contribution is 2.38. The van der Waals surface area contributed by atoms with Crippen LogP contribution in [0.25, 0.3) is 0 Å². The summed E-state index contributed by atoms with van der Waals surface area (Å²) in [5.74, 6) is -9.11. The Hall–Kier alpha value is -3.07. The van der Waals surface area contributed by atoms with Gasteiger partial charge in [-0.3, -0.25) is 24.5 Å². The molecule has 8 radical (unpaired) electrons. The van der Waals surface area contributed by atoms with E-state index in [2.05, 4.69) is 5.32 Å². The average Bonchev–Trinajstić information content (AvgIpc) is 3.13. The normalized spacial score (nSPS) is 22.2. The van der Waals surface area contributed by atoms with Crippen molar-refractivity contribution in [1.82, 2.24) is 15.5 Å². The summed E-state index contributed by atoms with van der Waals surface area (Å²) in [4.78, 5) is 50.5. The Morgan fingerprint density at radius 2 is 1.72 bits per heavy atom. The lowest BCUT2D eigenvalue weighted by atomic mass is 9.55. The number of rotatable bonds is 5. The molecule has 36 heavy (non-hydrogen) atoms. The van der Waals surface area contributed by atoms with Gasteiger partial charge in [0.25, 0.3) is 11.8 Å². The molecule has 2 aromatic rings. The summed E-state index contributed by atoms with van der Waals surface area (Å²) in [7, 11) is 24.1. The molecule has 7 nitrogen and oxygen atoms in total. The summed E-state index contributed by atoms with van der Waals surface area (Å²) < 4.78 is 29.4. The molecule has 0 bridgehead atoms. The Bertz CT molecular complexity index is 1290. The van der Waals surface area contributed by atoms with Crippen LogP contribution in [-0.4, -0.2) is 65.4 Å². The molecule has 2 N–H and O–H groups in total. The molecule has 2 unspecified atom stereocenters. The molecule has 2 aliphatic heterocycles. The zero-order valence-corrected chi connectivity index (χ0v) is 19.3. The van der Waals surface area contributed by atoms with Gasteiger partial charge in [0.15, 0.2) is 0 Å². The van der Waals surface area contributed by atoms with Crippen molar-refractivity contribution >= 4 is 66.6 Å². The van der Waals surface area contributed by atoms with E-state index in [1.54, 1.807) is 0 Å². The van der Waals surface area contributed by atoms with Gasteiger partial charge in [0.1, 0.15) is 7.85 Å². The largest absolute Gasteiger partial charge is 0.358 e. The SMILES string of the molecule is [B]C1CC(=O)NC(=O)C1([B])N1Cc2cc(C([B])([B])NC(=O)C(F)(F)c3ccc(Cl)cc3)ccc2C1=O. The van der Waals surface area contributed by atoms with Crippen LogP contribution in [0.5, 0.6) is 0 Å². The second kappa shape index (κ2) is 8.80. The van der Waals surface area contributed by atoms with Gasteiger partial charge in [-0.1, -0.05) is 35.9 Å². The van der Waals surface area contributed by atoms with Crippen molar-refractivity contribution in [1.29, 1.82) is 0 Å². The number of amides is 4. The maximum Gasteiger partial charge on any atom is 0.349 e. The third-order valence-corrected chi connectivity index (χ3v) is 6.49. The molecule has 0 saturated carbocycles. The van der Waals surface area contributed by atoms with Gasteiger partial charge >= 0.3 is 5.92 Å². The molecule has 2 aromatic carbocycles.